The minimum absolute atomic E-state index is 0.216. The third kappa shape index (κ3) is 2.95. The van der Waals surface area contributed by atoms with Crippen LogP contribution in [-0.2, 0) is 9.53 Å². The lowest BCUT2D eigenvalue weighted by Crippen LogP contribution is -2.45. The molecule has 1 aliphatic heterocycles. The van der Waals surface area contributed by atoms with Crippen molar-refractivity contribution in [2.45, 2.75) is 64.1 Å². The van der Waals surface area contributed by atoms with Gasteiger partial charge in [-0.2, -0.15) is 0 Å². The summed E-state index contributed by atoms with van der Waals surface area (Å²) in [5.41, 5.74) is -0.226. The summed E-state index contributed by atoms with van der Waals surface area (Å²) in [6, 6.07) is 0. The summed E-state index contributed by atoms with van der Waals surface area (Å²) in [7, 11) is 1.73. The van der Waals surface area contributed by atoms with Crippen molar-refractivity contribution in [3.63, 3.8) is 0 Å². The Morgan fingerprint density at radius 1 is 1.37 bits per heavy atom. The summed E-state index contributed by atoms with van der Waals surface area (Å²) in [6.45, 7) is 6.04. The average molecular weight is 268 g/mol. The van der Waals surface area contributed by atoms with Crippen LogP contribution in [-0.4, -0.2) is 42.8 Å². The zero-order chi connectivity index (χ0) is 13.9. The number of unbranched alkanes of at least 4 members (excludes halogenated alkanes) is 1. The molecular weight excluding hydrogens is 240 g/mol. The molecular formula is C15H28N2O2. The fourth-order valence-corrected chi connectivity index (χ4v) is 3.46. The Bertz CT molecular complexity index is 311. The van der Waals surface area contributed by atoms with Crippen LogP contribution in [0.5, 0.6) is 0 Å². The lowest BCUT2D eigenvalue weighted by molar-refractivity contribution is -0.133. The van der Waals surface area contributed by atoms with Gasteiger partial charge >= 0.3 is 0 Å². The number of amides is 1. The summed E-state index contributed by atoms with van der Waals surface area (Å²) < 4.78 is 5.08. The fraction of sp³-hybridized carbons (Fsp3) is 0.933. The van der Waals surface area contributed by atoms with E-state index in [1.807, 2.05) is 0 Å². The molecule has 1 unspecified atom stereocenters. The summed E-state index contributed by atoms with van der Waals surface area (Å²) >= 11 is 0. The summed E-state index contributed by atoms with van der Waals surface area (Å²) in [6.07, 6.45) is 6.67. The molecule has 1 atom stereocenters. The Kier molecular flexibility index (Phi) is 4.85. The van der Waals surface area contributed by atoms with Gasteiger partial charge < -0.3 is 9.64 Å². The van der Waals surface area contributed by atoms with Crippen molar-refractivity contribution in [3.8, 4) is 0 Å². The molecule has 0 radical (unpaired) electrons. The first kappa shape index (κ1) is 14.8. The van der Waals surface area contributed by atoms with E-state index in [1.165, 1.54) is 12.8 Å². The average Bonchev–Trinajstić information content (AvgIpc) is 2.95. The Labute approximate surface area is 116 Å². The fourth-order valence-electron chi connectivity index (χ4n) is 3.46. The lowest BCUT2D eigenvalue weighted by atomic mass is 9.98. The van der Waals surface area contributed by atoms with Crippen molar-refractivity contribution in [1.82, 2.24) is 10.2 Å². The first-order valence-corrected chi connectivity index (χ1v) is 7.68. The number of carbonyl (C=O) groups is 1. The van der Waals surface area contributed by atoms with Gasteiger partial charge in [-0.3, -0.25) is 10.1 Å². The molecule has 0 aromatic carbocycles. The predicted octanol–water partition coefficient (Wildman–Crippen LogP) is 2.14. The van der Waals surface area contributed by atoms with Crippen LogP contribution in [0.4, 0.5) is 0 Å². The second kappa shape index (κ2) is 6.23. The van der Waals surface area contributed by atoms with Crippen LogP contribution in [0.1, 0.15) is 52.4 Å². The number of nitrogens with zero attached hydrogens (tertiary/aromatic N) is 1. The molecule has 4 heteroatoms. The van der Waals surface area contributed by atoms with E-state index in [4.69, 9.17) is 4.74 Å². The van der Waals surface area contributed by atoms with Crippen molar-refractivity contribution < 1.29 is 9.53 Å². The number of hydrogen-bond acceptors (Lipinski definition) is 3. The van der Waals surface area contributed by atoms with Gasteiger partial charge in [0.25, 0.3) is 0 Å². The highest BCUT2D eigenvalue weighted by molar-refractivity contribution is 5.89. The summed E-state index contributed by atoms with van der Waals surface area (Å²) in [5.74, 6) is 0.812. The number of nitrogens with one attached hydrogen (secondary N) is 1. The van der Waals surface area contributed by atoms with Crippen LogP contribution in [0.15, 0.2) is 0 Å². The molecule has 1 saturated carbocycles. The van der Waals surface area contributed by atoms with Crippen molar-refractivity contribution >= 4 is 5.91 Å². The maximum absolute atomic E-state index is 12.7. The van der Waals surface area contributed by atoms with E-state index in [9.17, 15) is 4.79 Å². The zero-order valence-corrected chi connectivity index (χ0v) is 12.6. The summed E-state index contributed by atoms with van der Waals surface area (Å²) in [4.78, 5) is 14.8. The molecule has 2 aliphatic rings. The largest absolute Gasteiger partial charge is 0.385 e. The van der Waals surface area contributed by atoms with E-state index in [2.05, 4.69) is 24.1 Å². The second-order valence-corrected chi connectivity index (χ2v) is 6.32. The van der Waals surface area contributed by atoms with Gasteiger partial charge in [0.2, 0.25) is 5.91 Å². The Hall–Kier alpha value is -0.610. The smallest absolute Gasteiger partial charge is 0.244 e. The molecule has 1 amide bonds. The zero-order valence-electron chi connectivity index (χ0n) is 12.6. The van der Waals surface area contributed by atoms with Crippen LogP contribution >= 0.6 is 0 Å². The monoisotopic (exact) mass is 268 g/mol. The predicted molar refractivity (Wildman–Crippen MR) is 75.8 cm³/mol. The normalized spacial score (nSPS) is 26.0. The number of carbonyl (C=O) groups excluding carboxylic acids is 1. The van der Waals surface area contributed by atoms with Crippen LogP contribution < -0.4 is 5.32 Å². The summed E-state index contributed by atoms with van der Waals surface area (Å²) in [5, 5.41) is 3.65. The second-order valence-electron chi connectivity index (χ2n) is 6.32. The van der Waals surface area contributed by atoms with E-state index in [1.54, 1.807) is 7.11 Å². The van der Waals surface area contributed by atoms with Gasteiger partial charge in [0.05, 0.1) is 11.7 Å². The molecule has 19 heavy (non-hydrogen) atoms. The van der Waals surface area contributed by atoms with E-state index in [0.717, 1.165) is 38.8 Å². The quantitative estimate of drug-likeness (QED) is 0.750. The minimum Gasteiger partial charge on any atom is -0.385 e. The first-order valence-electron chi connectivity index (χ1n) is 7.68. The molecule has 1 spiro atoms. The van der Waals surface area contributed by atoms with E-state index >= 15 is 0 Å². The highest BCUT2D eigenvalue weighted by atomic mass is 16.5. The molecule has 1 heterocycles. The Balaban J connectivity index is 1.99. The van der Waals surface area contributed by atoms with Crippen molar-refractivity contribution in [3.05, 3.63) is 0 Å². The van der Waals surface area contributed by atoms with E-state index < -0.39 is 0 Å². The Morgan fingerprint density at radius 3 is 2.63 bits per heavy atom. The maximum atomic E-state index is 12.7. The van der Waals surface area contributed by atoms with Gasteiger partial charge in [-0.15, -0.1) is 0 Å². The van der Waals surface area contributed by atoms with Crippen molar-refractivity contribution in [2.75, 3.05) is 20.3 Å². The van der Waals surface area contributed by atoms with Crippen LogP contribution in [0.3, 0.4) is 0 Å². The Morgan fingerprint density at radius 2 is 2.05 bits per heavy atom. The number of rotatable bonds is 6. The first-order chi connectivity index (χ1) is 9.10. The number of methoxy groups -OCH3 is 1. The number of hydrogen-bond donors (Lipinski definition) is 1. The molecule has 0 aromatic rings. The van der Waals surface area contributed by atoms with Gasteiger partial charge in [0, 0.05) is 20.3 Å². The van der Waals surface area contributed by atoms with Crippen LogP contribution in [0, 0.1) is 5.92 Å². The molecule has 1 N–H and O–H groups in total. The molecule has 2 rings (SSSR count). The van der Waals surface area contributed by atoms with Gasteiger partial charge in [-0.25, -0.2) is 0 Å². The van der Waals surface area contributed by atoms with Gasteiger partial charge in [-0.1, -0.05) is 26.7 Å². The molecule has 2 fully saturated rings. The topological polar surface area (TPSA) is 41.6 Å². The molecule has 4 nitrogen and oxygen atoms in total. The molecule has 1 saturated heterocycles. The third-order valence-electron chi connectivity index (χ3n) is 4.52. The SMILES string of the molecule is COCCCCN1C(=O)C2(CCCC2)NC1C(C)C. The van der Waals surface area contributed by atoms with Crippen molar-refractivity contribution in [2.24, 2.45) is 5.92 Å². The minimum atomic E-state index is -0.226. The van der Waals surface area contributed by atoms with E-state index in [-0.39, 0.29) is 11.7 Å². The van der Waals surface area contributed by atoms with Gasteiger partial charge in [0.15, 0.2) is 0 Å². The third-order valence-corrected chi connectivity index (χ3v) is 4.52. The van der Waals surface area contributed by atoms with Gasteiger partial charge in [-0.05, 0) is 31.6 Å². The highest BCUT2D eigenvalue weighted by Gasteiger charge is 2.52. The maximum Gasteiger partial charge on any atom is 0.244 e. The van der Waals surface area contributed by atoms with Gasteiger partial charge in [0.1, 0.15) is 0 Å². The van der Waals surface area contributed by atoms with Crippen molar-refractivity contribution in [1.29, 1.82) is 0 Å². The standard InChI is InChI=1S/C15H28N2O2/c1-12(2)13-16-15(8-4-5-9-15)14(18)17(13)10-6-7-11-19-3/h12-13,16H,4-11H2,1-3H3. The molecule has 0 aromatic heterocycles. The van der Waals surface area contributed by atoms with Crippen LogP contribution in [0.2, 0.25) is 0 Å². The van der Waals surface area contributed by atoms with E-state index in [0.29, 0.717) is 11.8 Å². The molecule has 1 aliphatic carbocycles. The number of ether oxygens (including phenoxy) is 1. The van der Waals surface area contributed by atoms with Crippen LogP contribution in [0.25, 0.3) is 0 Å². The molecule has 0 bridgehead atoms. The lowest BCUT2D eigenvalue weighted by Gasteiger charge is -2.27. The molecule has 110 valence electrons. The highest BCUT2D eigenvalue weighted by Crippen LogP contribution is 2.37.